The first-order valence-electron chi connectivity index (χ1n) is 12.9. The van der Waals surface area contributed by atoms with E-state index in [1.54, 1.807) is 0 Å². The van der Waals surface area contributed by atoms with Crippen LogP contribution in [-0.2, 0) is 14.2 Å². The zero-order valence-electron chi connectivity index (χ0n) is 22.1. The zero-order chi connectivity index (χ0) is 30.6. The smallest absolute Gasteiger partial charge is 0.239 e. The number of benzene rings is 2. The summed E-state index contributed by atoms with van der Waals surface area (Å²) in [5.41, 5.74) is -1.25. The fourth-order valence-electron chi connectivity index (χ4n) is 4.87. The lowest BCUT2D eigenvalue weighted by atomic mass is 9.98. The molecule has 0 saturated carbocycles. The molecule has 0 radical (unpaired) electrons. The molecule has 0 aliphatic carbocycles. The van der Waals surface area contributed by atoms with Crippen LogP contribution in [0.5, 0.6) is 28.7 Å². The van der Waals surface area contributed by atoms with Crippen molar-refractivity contribution in [2.24, 2.45) is 0 Å². The first-order chi connectivity index (χ1) is 19.8. The second-order valence-electron chi connectivity index (χ2n) is 10.2. The van der Waals surface area contributed by atoms with Crippen molar-refractivity contribution in [1.29, 1.82) is 0 Å². The van der Waals surface area contributed by atoms with Gasteiger partial charge >= 0.3 is 0 Å². The molecule has 15 heteroatoms. The average molecular weight is 595 g/mol. The quantitative estimate of drug-likeness (QED) is 0.166. The highest BCUT2D eigenvalue weighted by Crippen LogP contribution is 2.40. The van der Waals surface area contributed by atoms with Gasteiger partial charge in [-0.05, 0) is 32.0 Å². The molecule has 3 heterocycles. The molecule has 2 fully saturated rings. The van der Waals surface area contributed by atoms with Gasteiger partial charge in [-0.2, -0.15) is 0 Å². The zero-order valence-corrected chi connectivity index (χ0v) is 22.1. The van der Waals surface area contributed by atoms with Gasteiger partial charge in [0.1, 0.15) is 53.0 Å². The third-order valence-corrected chi connectivity index (χ3v) is 7.27. The van der Waals surface area contributed by atoms with Crippen LogP contribution in [0.15, 0.2) is 39.5 Å². The van der Waals surface area contributed by atoms with E-state index in [-0.39, 0.29) is 16.9 Å². The number of phenolic OH excluding ortho intramolecular Hbond substituents is 4. The molecule has 9 N–H and O–H groups in total. The van der Waals surface area contributed by atoms with Crippen molar-refractivity contribution in [3.05, 3.63) is 40.6 Å². The maximum Gasteiger partial charge on any atom is 0.239 e. The Bertz CT molecular complexity index is 1520. The van der Waals surface area contributed by atoms with Gasteiger partial charge in [-0.3, -0.25) is 4.79 Å². The van der Waals surface area contributed by atoms with Crippen LogP contribution in [0.3, 0.4) is 0 Å². The molecular formula is C27H30O15. The second kappa shape index (κ2) is 11.2. The van der Waals surface area contributed by atoms with Crippen LogP contribution in [0, 0.1) is 0 Å². The number of hydrogen-bond acceptors (Lipinski definition) is 15. The van der Waals surface area contributed by atoms with E-state index in [1.807, 2.05) is 0 Å². The molecule has 0 bridgehead atoms. The molecule has 0 amide bonds. The van der Waals surface area contributed by atoms with E-state index < -0.39 is 101 Å². The second-order valence-corrected chi connectivity index (χ2v) is 10.2. The van der Waals surface area contributed by atoms with Crippen molar-refractivity contribution >= 4 is 11.0 Å². The topological polar surface area (TPSA) is 249 Å². The molecule has 15 nitrogen and oxygen atoms in total. The maximum absolute atomic E-state index is 13.7. The van der Waals surface area contributed by atoms with Gasteiger partial charge < -0.3 is 69.3 Å². The van der Waals surface area contributed by atoms with Crippen molar-refractivity contribution in [2.75, 3.05) is 0 Å². The molecule has 2 aliphatic heterocycles. The van der Waals surface area contributed by atoms with Crippen LogP contribution < -0.4 is 10.2 Å². The number of ether oxygens (including phenoxy) is 4. The van der Waals surface area contributed by atoms with Gasteiger partial charge in [0.2, 0.25) is 17.5 Å². The Hall–Kier alpha value is -3.67. The Morgan fingerprint density at radius 3 is 2.02 bits per heavy atom. The first-order valence-corrected chi connectivity index (χ1v) is 12.9. The largest absolute Gasteiger partial charge is 0.508 e. The summed E-state index contributed by atoms with van der Waals surface area (Å²) in [6.45, 7) is 2.80. The third kappa shape index (κ3) is 5.21. The van der Waals surface area contributed by atoms with Crippen LogP contribution in [0.1, 0.15) is 13.8 Å². The average Bonchev–Trinajstić information content (AvgIpc) is 2.93. The van der Waals surface area contributed by atoms with Gasteiger partial charge in [-0.25, -0.2) is 0 Å². The summed E-state index contributed by atoms with van der Waals surface area (Å²) in [5, 5.41) is 91.9. The maximum atomic E-state index is 13.7. The summed E-state index contributed by atoms with van der Waals surface area (Å²) in [5.74, 6) is -3.15. The lowest BCUT2D eigenvalue weighted by Gasteiger charge is -2.45. The number of aromatic hydroxyl groups is 4. The Labute approximate surface area is 236 Å². The van der Waals surface area contributed by atoms with Crippen LogP contribution in [0.25, 0.3) is 22.3 Å². The predicted octanol–water partition coefficient (Wildman–Crippen LogP) is -0.660. The summed E-state index contributed by atoms with van der Waals surface area (Å²) >= 11 is 0. The molecule has 2 aromatic carbocycles. The van der Waals surface area contributed by atoms with E-state index in [0.29, 0.717) is 0 Å². The van der Waals surface area contributed by atoms with Gasteiger partial charge in [-0.15, -0.1) is 0 Å². The normalized spacial score (nSPS) is 33.5. The molecular weight excluding hydrogens is 564 g/mol. The number of aliphatic hydroxyl groups is 5. The molecule has 10 atom stereocenters. The van der Waals surface area contributed by atoms with E-state index in [1.165, 1.54) is 19.9 Å². The minimum absolute atomic E-state index is 0.000938. The standard InChI is InChI=1S/C27H30O15/c1-8-17(32)20(35)22(37)26(38-8)42-25-21(36)18(33)9(2)39-27(25)41-24-19(34)16-14(31)6-11(28)7-15(16)40-23(24)10-3-4-12(29)13(30)5-10/h3-9,17-18,20-22,25-33,35-37H,1-2H3/t8-,9-,17-,18-,20+,21+,22+,25+,26-,27-/m0/s1. The van der Waals surface area contributed by atoms with Crippen molar-refractivity contribution in [3.63, 3.8) is 0 Å². The van der Waals surface area contributed by atoms with Crippen LogP contribution in [0.2, 0.25) is 0 Å². The van der Waals surface area contributed by atoms with Crippen LogP contribution >= 0.6 is 0 Å². The Morgan fingerprint density at radius 1 is 0.714 bits per heavy atom. The highest BCUT2D eigenvalue weighted by atomic mass is 16.8. The van der Waals surface area contributed by atoms with Crippen LogP contribution in [0.4, 0.5) is 0 Å². The van der Waals surface area contributed by atoms with Gasteiger partial charge in [0.05, 0.1) is 12.2 Å². The molecule has 0 unspecified atom stereocenters. The van der Waals surface area contributed by atoms with Crippen molar-refractivity contribution in [1.82, 2.24) is 0 Å². The fourth-order valence-corrected chi connectivity index (χ4v) is 4.87. The summed E-state index contributed by atoms with van der Waals surface area (Å²) in [4.78, 5) is 13.7. The summed E-state index contributed by atoms with van der Waals surface area (Å²) in [6, 6.07) is 5.37. The molecule has 2 aliphatic rings. The number of fused-ring (bicyclic) bond motifs is 1. The Kier molecular flexibility index (Phi) is 7.95. The van der Waals surface area contributed by atoms with E-state index in [2.05, 4.69) is 0 Å². The highest BCUT2D eigenvalue weighted by Gasteiger charge is 2.50. The summed E-state index contributed by atoms with van der Waals surface area (Å²) < 4.78 is 28.6. The molecule has 42 heavy (non-hydrogen) atoms. The monoisotopic (exact) mass is 594 g/mol. The van der Waals surface area contributed by atoms with E-state index in [0.717, 1.165) is 24.3 Å². The number of hydrogen-bond donors (Lipinski definition) is 9. The number of phenols is 4. The van der Waals surface area contributed by atoms with E-state index in [9.17, 15) is 50.8 Å². The summed E-state index contributed by atoms with van der Waals surface area (Å²) in [7, 11) is 0. The minimum Gasteiger partial charge on any atom is -0.508 e. The molecule has 0 spiro atoms. The molecule has 2 saturated heterocycles. The molecule has 228 valence electrons. The van der Waals surface area contributed by atoms with Crippen LogP contribution in [-0.4, -0.2) is 107 Å². The third-order valence-electron chi connectivity index (χ3n) is 7.27. The number of aliphatic hydroxyl groups excluding tert-OH is 5. The number of rotatable bonds is 5. The van der Waals surface area contributed by atoms with Crippen molar-refractivity contribution in [2.45, 2.75) is 75.3 Å². The minimum atomic E-state index is -1.80. The molecule has 3 aromatic rings. The molecule has 1 aromatic heterocycles. The van der Waals surface area contributed by atoms with Gasteiger partial charge in [0, 0.05) is 17.7 Å². The van der Waals surface area contributed by atoms with Gasteiger partial charge in [0.15, 0.2) is 29.7 Å². The van der Waals surface area contributed by atoms with Crippen molar-refractivity contribution in [3.8, 4) is 40.1 Å². The van der Waals surface area contributed by atoms with Gasteiger partial charge in [0.25, 0.3) is 0 Å². The van der Waals surface area contributed by atoms with E-state index >= 15 is 0 Å². The SMILES string of the molecule is C[C@@H]1O[C@@H](O[C@H]2[C@H](Oc3c(-c4ccc(O)c(O)c4)oc4cc(O)cc(O)c4c3=O)O[C@@H](C)[C@H](O)[C@H]2O)[C@H](O)[C@H](O)[C@H]1O. The van der Waals surface area contributed by atoms with Crippen molar-refractivity contribution < 1.29 is 69.3 Å². The molecule has 5 rings (SSSR count). The highest BCUT2D eigenvalue weighted by molar-refractivity contribution is 5.88. The fraction of sp³-hybridized carbons (Fsp3) is 0.444. The lowest BCUT2D eigenvalue weighted by molar-refractivity contribution is -0.352. The lowest BCUT2D eigenvalue weighted by Crippen LogP contribution is -2.63. The van der Waals surface area contributed by atoms with Gasteiger partial charge in [-0.1, -0.05) is 0 Å². The van der Waals surface area contributed by atoms with E-state index in [4.69, 9.17) is 23.4 Å². The predicted molar refractivity (Wildman–Crippen MR) is 139 cm³/mol. The summed E-state index contributed by atoms with van der Waals surface area (Å²) in [6.07, 6.45) is -15.4. The Morgan fingerprint density at radius 2 is 1.36 bits per heavy atom. The first kappa shape index (κ1) is 29.8. The Balaban J connectivity index is 1.61.